The highest BCUT2D eigenvalue weighted by atomic mass is 16.5. The van der Waals surface area contributed by atoms with Crippen molar-refractivity contribution in [2.24, 2.45) is 0 Å². The predicted octanol–water partition coefficient (Wildman–Crippen LogP) is 1.02. The number of aromatic nitrogens is 2. The van der Waals surface area contributed by atoms with Gasteiger partial charge in [-0.2, -0.15) is 0 Å². The molecule has 0 aromatic carbocycles. The minimum atomic E-state index is -0.131. The van der Waals surface area contributed by atoms with Gasteiger partial charge in [-0.25, -0.2) is 9.97 Å². The van der Waals surface area contributed by atoms with Gasteiger partial charge in [0.05, 0.1) is 18.8 Å². The zero-order valence-electron chi connectivity index (χ0n) is 11.8. The lowest BCUT2D eigenvalue weighted by molar-refractivity contribution is -0.125. The summed E-state index contributed by atoms with van der Waals surface area (Å²) in [5.74, 6) is 0.942. The summed E-state index contributed by atoms with van der Waals surface area (Å²) < 4.78 is 10.5. The second kappa shape index (κ2) is 7.91. The van der Waals surface area contributed by atoms with Crippen LogP contribution in [0.2, 0.25) is 0 Å². The molecule has 20 heavy (non-hydrogen) atoms. The van der Waals surface area contributed by atoms with E-state index in [1.165, 1.54) is 0 Å². The van der Waals surface area contributed by atoms with Crippen LogP contribution in [0.1, 0.15) is 37.2 Å². The third-order valence-corrected chi connectivity index (χ3v) is 3.16. The Balaban J connectivity index is 1.87. The van der Waals surface area contributed by atoms with E-state index < -0.39 is 0 Å². The van der Waals surface area contributed by atoms with Crippen LogP contribution < -0.4 is 5.32 Å². The fourth-order valence-electron chi connectivity index (χ4n) is 2.09. The van der Waals surface area contributed by atoms with Crippen LogP contribution in [0.4, 0.5) is 0 Å². The summed E-state index contributed by atoms with van der Waals surface area (Å²) in [6.45, 7) is 4.38. The van der Waals surface area contributed by atoms with Crippen molar-refractivity contribution >= 4 is 5.91 Å². The van der Waals surface area contributed by atoms with Crippen molar-refractivity contribution < 1.29 is 14.3 Å². The molecule has 0 bridgehead atoms. The molecule has 1 aromatic heterocycles. The van der Waals surface area contributed by atoms with Crippen molar-refractivity contribution in [1.82, 2.24) is 15.3 Å². The van der Waals surface area contributed by atoms with Crippen LogP contribution in [0.5, 0.6) is 0 Å². The molecule has 0 radical (unpaired) electrons. The number of carbonyl (C=O) groups is 1. The highest BCUT2D eigenvalue weighted by Gasteiger charge is 2.18. The van der Waals surface area contributed by atoms with Crippen LogP contribution in [0.3, 0.4) is 0 Å². The predicted molar refractivity (Wildman–Crippen MR) is 73.2 cm³/mol. The standard InChI is InChI=1S/C14H21N3O3/c1-2-19-10-13(18)16-8-12-5-6-15-14(17-12)11-4-3-7-20-9-11/h5-6,11H,2-4,7-10H2,1H3,(H,16,18)/t11-/m0/s1. The molecular weight excluding hydrogens is 258 g/mol. The molecule has 6 heteroatoms. The van der Waals surface area contributed by atoms with Gasteiger partial charge in [0.15, 0.2) is 0 Å². The third kappa shape index (κ3) is 4.54. The second-order valence-electron chi connectivity index (χ2n) is 4.73. The van der Waals surface area contributed by atoms with E-state index in [0.717, 1.165) is 31.0 Å². The Morgan fingerprint density at radius 3 is 3.25 bits per heavy atom. The van der Waals surface area contributed by atoms with E-state index in [9.17, 15) is 4.79 Å². The Morgan fingerprint density at radius 2 is 2.50 bits per heavy atom. The van der Waals surface area contributed by atoms with Crippen LogP contribution in [0.25, 0.3) is 0 Å². The topological polar surface area (TPSA) is 73.3 Å². The number of hydrogen-bond acceptors (Lipinski definition) is 5. The SMILES string of the molecule is CCOCC(=O)NCc1ccnc([C@H]2CCCOC2)n1. The first-order valence-electron chi connectivity index (χ1n) is 7.03. The van der Waals surface area contributed by atoms with Crippen molar-refractivity contribution in [3.05, 3.63) is 23.8 Å². The molecule has 0 unspecified atom stereocenters. The Labute approximate surface area is 118 Å². The molecule has 2 heterocycles. The van der Waals surface area contributed by atoms with Crippen molar-refractivity contribution in [3.8, 4) is 0 Å². The smallest absolute Gasteiger partial charge is 0.246 e. The molecule has 0 spiro atoms. The minimum absolute atomic E-state index is 0.0882. The van der Waals surface area contributed by atoms with E-state index in [1.807, 2.05) is 13.0 Å². The summed E-state index contributed by atoms with van der Waals surface area (Å²) in [7, 11) is 0. The van der Waals surface area contributed by atoms with Gasteiger partial charge >= 0.3 is 0 Å². The molecule has 2 rings (SSSR count). The van der Waals surface area contributed by atoms with Crippen molar-refractivity contribution in [2.45, 2.75) is 32.2 Å². The zero-order chi connectivity index (χ0) is 14.2. The van der Waals surface area contributed by atoms with Gasteiger partial charge in [0, 0.05) is 25.3 Å². The van der Waals surface area contributed by atoms with Gasteiger partial charge in [-0.15, -0.1) is 0 Å². The van der Waals surface area contributed by atoms with Crippen molar-refractivity contribution in [2.75, 3.05) is 26.4 Å². The van der Waals surface area contributed by atoms with Gasteiger partial charge < -0.3 is 14.8 Å². The summed E-state index contributed by atoms with van der Waals surface area (Å²) in [6, 6.07) is 1.81. The lowest BCUT2D eigenvalue weighted by atomic mass is 10.0. The van der Waals surface area contributed by atoms with Crippen LogP contribution in [-0.4, -0.2) is 42.3 Å². The van der Waals surface area contributed by atoms with Crippen LogP contribution in [0, 0.1) is 0 Å². The fourth-order valence-corrected chi connectivity index (χ4v) is 2.09. The van der Waals surface area contributed by atoms with Gasteiger partial charge in [0.2, 0.25) is 5.91 Å². The van der Waals surface area contributed by atoms with E-state index in [1.54, 1.807) is 6.20 Å². The maximum atomic E-state index is 11.5. The number of amides is 1. The number of ether oxygens (including phenoxy) is 2. The first-order chi connectivity index (χ1) is 9.79. The Kier molecular flexibility index (Phi) is 5.88. The molecule has 6 nitrogen and oxygen atoms in total. The summed E-state index contributed by atoms with van der Waals surface area (Å²) >= 11 is 0. The number of carbonyl (C=O) groups excluding carboxylic acids is 1. The highest BCUT2D eigenvalue weighted by Crippen LogP contribution is 2.22. The molecule has 0 aliphatic carbocycles. The maximum absolute atomic E-state index is 11.5. The Morgan fingerprint density at radius 1 is 1.60 bits per heavy atom. The monoisotopic (exact) mass is 279 g/mol. The normalized spacial score (nSPS) is 18.8. The molecular formula is C14H21N3O3. The number of nitrogens with one attached hydrogen (secondary N) is 1. The molecule has 1 N–H and O–H groups in total. The molecule has 1 aliphatic heterocycles. The van der Waals surface area contributed by atoms with Crippen molar-refractivity contribution in [1.29, 1.82) is 0 Å². The molecule has 1 amide bonds. The molecule has 1 saturated heterocycles. The highest BCUT2D eigenvalue weighted by molar-refractivity contribution is 5.77. The fraction of sp³-hybridized carbons (Fsp3) is 0.643. The first kappa shape index (κ1) is 14.9. The van der Waals surface area contributed by atoms with E-state index in [-0.39, 0.29) is 18.4 Å². The van der Waals surface area contributed by atoms with Gasteiger partial charge in [-0.3, -0.25) is 4.79 Å². The lowest BCUT2D eigenvalue weighted by Gasteiger charge is -2.20. The summed E-state index contributed by atoms with van der Waals surface area (Å²) in [4.78, 5) is 20.3. The maximum Gasteiger partial charge on any atom is 0.246 e. The summed E-state index contributed by atoms with van der Waals surface area (Å²) in [5.41, 5.74) is 0.811. The molecule has 1 aliphatic rings. The van der Waals surface area contributed by atoms with E-state index in [2.05, 4.69) is 15.3 Å². The van der Waals surface area contributed by atoms with Gasteiger partial charge in [0.1, 0.15) is 12.4 Å². The quantitative estimate of drug-likeness (QED) is 0.841. The van der Waals surface area contributed by atoms with Gasteiger partial charge in [-0.05, 0) is 25.8 Å². The van der Waals surface area contributed by atoms with Gasteiger partial charge in [-0.1, -0.05) is 0 Å². The minimum Gasteiger partial charge on any atom is -0.381 e. The second-order valence-corrected chi connectivity index (χ2v) is 4.73. The largest absolute Gasteiger partial charge is 0.381 e. The van der Waals surface area contributed by atoms with Crippen LogP contribution in [-0.2, 0) is 20.8 Å². The summed E-state index contributed by atoms with van der Waals surface area (Å²) in [5, 5.41) is 2.78. The third-order valence-electron chi connectivity index (χ3n) is 3.16. The average molecular weight is 279 g/mol. The van der Waals surface area contributed by atoms with E-state index in [4.69, 9.17) is 9.47 Å². The van der Waals surface area contributed by atoms with Gasteiger partial charge in [0.25, 0.3) is 0 Å². The number of nitrogens with zero attached hydrogens (tertiary/aromatic N) is 2. The first-order valence-corrected chi connectivity index (χ1v) is 7.03. The number of rotatable bonds is 6. The molecule has 110 valence electrons. The lowest BCUT2D eigenvalue weighted by Crippen LogP contribution is -2.28. The van der Waals surface area contributed by atoms with Crippen molar-refractivity contribution in [3.63, 3.8) is 0 Å². The van der Waals surface area contributed by atoms with Crippen LogP contribution >= 0.6 is 0 Å². The summed E-state index contributed by atoms with van der Waals surface area (Å²) in [6.07, 6.45) is 3.84. The zero-order valence-corrected chi connectivity index (χ0v) is 11.8. The molecule has 0 saturated carbocycles. The average Bonchev–Trinajstić information content (AvgIpc) is 2.52. The van der Waals surface area contributed by atoms with Crippen LogP contribution in [0.15, 0.2) is 12.3 Å². The number of hydrogen-bond donors (Lipinski definition) is 1. The molecule has 1 aromatic rings. The Hall–Kier alpha value is -1.53. The molecule has 1 fully saturated rings. The van der Waals surface area contributed by atoms with E-state index >= 15 is 0 Å². The van der Waals surface area contributed by atoms with E-state index in [0.29, 0.717) is 19.8 Å². The molecule has 1 atom stereocenters. The Bertz CT molecular complexity index is 433.